The van der Waals surface area contributed by atoms with E-state index in [1.165, 1.54) is 12.1 Å². The number of nitrogens with one attached hydrogen (secondary N) is 1. The van der Waals surface area contributed by atoms with Gasteiger partial charge in [-0.3, -0.25) is 14.9 Å². The van der Waals surface area contributed by atoms with Crippen molar-refractivity contribution in [3.05, 3.63) is 33.9 Å². The van der Waals surface area contributed by atoms with Gasteiger partial charge in [0.25, 0.3) is 5.69 Å². The Kier molecular flexibility index (Phi) is 4.10. The van der Waals surface area contributed by atoms with Gasteiger partial charge in [0.05, 0.1) is 11.0 Å². The van der Waals surface area contributed by atoms with Crippen molar-refractivity contribution < 1.29 is 19.6 Å². The molecule has 4 N–H and O–H groups in total. The Bertz CT molecular complexity index is 577. The molecule has 0 aromatic heterocycles. The molecular formula is C13H17N3O5. The van der Waals surface area contributed by atoms with Gasteiger partial charge in [-0.2, -0.15) is 0 Å². The second-order valence-corrected chi connectivity index (χ2v) is 5.07. The third kappa shape index (κ3) is 3.11. The van der Waals surface area contributed by atoms with Crippen LogP contribution in [-0.4, -0.2) is 40.8 Å². The summed E-state index contributed by atoms with van der Waals surface area (Å²) in [5, 5.41) is 24.3. The quantitative estimate of drug-likeness (QED) is 0.540. The van der Waals surface area contributed by atoms with Crippen LogP contribution in [0.3, 0.4) is 0 Å². The first-order chi connectivity index (χ1) is 9.83. The fourth-order valence-corrected chi connectivity index (χ4v) is 2.24. The first kappa shape index (κ1) is 15.2. The molecule has 2 unspecified atom stereocenters. The lowest BCUT2D eigenvalue weighted by Gasteiger charge is -2.26. The first-order valence-electron chi connectivity index (χ1n) is 6.49. The smallest absolute Gasteiger partial charge is 0.293 e. The van der Waals surface area contributed by atoms with Crippen LogP contribution in [0.1, 0.15) is 23.7 Å². The molecular weight excluding hydrogens is 278 g/mol. The van der Waals surface area contributed by atoms with Crippen LogP contribution in [0.25, 0.3) is 0 Å². The molecule has 1 saturated heterocycles. The van der Waals surface area contributed by atoms with E-state index in [1.54, 1.807) is 6.92 Å². The molecule has 1 aromatic rings. The Hall–Kier alpha value is -2.19. The number of primary amides is 1. The van der Waals surface area contributed by atoms with Crippen LogP contribution in [0.5, 0.6) is 0 Å². The second kappa shape index (κ2) is 5.66. The number of anilines is 1. The maximum absolute atomic E-state index is 11.1. The Labute approximate surface area is 121 Å². The zero-order valence-corrected chi connectivity index (χ0v) is 11.5. The van der Waals surface area contributed by atoms with Crippen molar-refractivity contribution in [2.45, 2.75) is 25.0 Å². The molecule has 1 amide bonds. The van der Waals surface area contributed by atoms with Crippen LogP contribution in [0, 0.1) is 10.1 Å². The number of aliphatic hydroxyl groups is 1. The van der Waals surface area contributed by atoms with E-state index in [0.29, 0.717) is 13.0 Å². The maximum Gasteiger partial charge on any atom is 0.293 e. The highest BCUT2D eigenvalue weighted by Crippen LogP contribution is 2.29. The van der Waals surface area contributed by atoms with Gasteiger partial charge in [0.2, 0.25) is 5.91 Å². The molecule has 0 saturated carbocycles. The lowest BCUT2D eigenvalue weighted by atomic mass is 9.96. The van der Waals surface area contributed by atoms with Gasteiger partial charge < -0.3 is 20.9 Å². The number of ether oxygens (including phenoxy) is 1. The van der Waals surface area contributed by atoms with Gasteiger partial charge in [0, 0.05) is 31.2 Å². The SMILES string of the molecule is CC1OCCC1(O)CNc1ccc(C(N)=O)cc1[N+](=O)[O-]. The summed E-state index contributed by atoms with van der Waals surface area (Å²) in [6.45, 7) is 2.31. The van der Waals surface area contributed by atoms with E-state index in [0.717, 1.165) is 6.07 Å². The van der Waals surface area contributed by atoms with E-state index in [9.17, 15) is 20.0 Å². The molecule has 2 rings (SSSR count). The van der Waals surface area contributed by atoms with Gasteiger partial charge in [-0.1, -0.05) is 0 Å². The van der Waals surface area contributed by atoms with Gasteiger partial charge in [0.15, 0.2) is 0 Å². The Morgan fingerprint density at radius 1 is 1.67 bits per heavy atom. The molecule has 0 bridgehead atoms. The van der Waals surface area contributed by atoms with E-state index >= 15 is 0 Å². The minimum absolute atomic E-state index is 0.0588. The molecule has 1 aromatic carbocycles. The van der Waals surface area contributed by atoms with Crippen molar-refractivity contribution in [2.75, 3.05) is 18.5 Å². The second-order valence-electron chi connectivity index (χ2n) is 5.07. The summed E-state index contributed by atoms with van der Waals surface area (Å²) in [6.07, 6.45) is 0.0999. The fraction of sp³-hybridized carbons (Fsp3) is 0.462. The molecule has 8 nitrogen and oxygen atoms in total. The molecule has 1 aliphatic rings. The lowest BCUT2D eigenvalue weighted by Crippen LogP contribution is -2.43. The number of amides is 1. The maximum atomic E-state index is 11.1. The van der Waals surface area contributed by atoms with E-state index in [4.69, 9.17) is 10.5 Å². The average Bonchev–Trinajstić information content (AvgIpc) is 2.76. The van der Waals surface area contributed by atoms with Crippen LogP contribution in [0.2, 0.25) is 0 Å². The standard InChI is InChI=1S/C13H17N3O5/c1-8-13(18,4-5-21-8)7-15-10-3-2-9(12(14)17)6-11(10)16(19)20/h2-3,6,8,15,18H,4-5,7H2,1H3,(H2,14,17). The van der Waals surface area contributed by atoms with Crippen molar-refractivity contribution in [2.24, 2.45) is 5.73 Å². The number of hydrogen-bond donors (Lipinski definition) is 3. The third-order valence-corrected chi connectivity index (χ3v) is 3.72. The van der Waals surface area contributed by atoms with E-state index in [1.807, 2.05) is 0 Å². The fourth-order valence-electron chi connectivity index (χ4n) is 2.24. The Morgan fingerprint density at radius 3 is 2.90 bits per heavy atom. The molecule has 0 radical (unpaired) electrons. The predicted molar refractivity (Wildman–Crippen MR) is 75.1 cm³/mol. The molecule has 8 heteroatoms. The summed E-state index contributed by atoms with van der Waals surface area (Å²) in [5.74, 6) is -0.735. The van der Waals surface area contributed by atoms with E-state index in [2.05, 4.69) is 5.32 Å². The van der Waals surface area contributed by atoms with E-state index in [-0.39, 0.29) is 29.6 Å². The Morgan fingerprint density at radius 2 is 2.38 bits per heavy atom. The summed E-state index contributed by atoms with van der Waals surface area (Å²) in [4.78, 5) is 21.5. The van der Waals surface area contributed by atoms with Gasteiger partial charge in [-0.15, -0.1) is 0 Å². The van der Waals surface area contributed by atoms with E-state index < -0.39 is 16.4 Å². The van der Waals surface area contributed by atoms with Crippen LogP contribution >= 0.6 is 0 Å². The predicted octanol–water partition coefficient (Wildman–Crippen LogP) is 0.646. The molecule has 2 atom stereocenters. The minimum Gasteiger partial charge on any atom is -0.385 e. The van der Waals surface area contributed by atoms with Gasteiger partial charge >= 0.3 is 0 Å². The van der Waals surface area contributed by atoms with Crippen molar-refractivity contribution >= 4 is 17.3 Å². The molecule has 0 spiro atoms. The molecule has 1 heterocycles. The summed E-state index contributed by atoms with van der Waals surface area (Å²) in [5.41, 5.74) is 4.05. The van der Waals surface area contributed by atoms with Gasteiger partial charge in [-0.25, -0.2) is 0 Å². The number of nitrogens with zero attached hydrogens (tertiary/aromatic N) is 1. The number of rotatable bonds is 5. The van der Waals surface area contributed by atoms with Crippen molar-refractivity contribution in [3.63, 3.8) is 0 Å². The lowest BCUT2D eigenvalue weighted by molar-refractivity contribution is -0.384. The summed E-state index contributed by atoms with van der Waals surface area (Å²) in [7, 11) is 0. The highest BCUT2D eigenvalue weighted by atomic mass is 16.6. The number of nitro groups is 1. The molecule has 1 fully saturated rings. The van der Waals surface area contributed by atoms with Crippen molar-refractivity contribution in [1.29, 1.82) is 0 Å². The summed E-state index contributed by atoms with van der Waals surface area (Å²) < 4.78 is 5.30. The highest BCUT2D eigenvalue weighted by Gasteiger charge is 2.39. The molecule has 1 aliphatic heterocycles. The van der Waals surface area contributed by atoms with Crippen LogP contribution < -0.4 is 11.1 Å². The summed E-state index contributed by atoms with van der Waals surface area (Å²) in [6, 6.07) is 3.92. The average molecular weight is 295 g/mol. The molecule has 21 heavy (non-hydrogen) atoms. The number of carbonyl (C=O) groups excluding carboxylic acids is 1. The topological polar surface area (TPSA) is 128 Å². The van der Waals surface area contributed by atoms with Gasteiger partial charge in [0.1, 0.15) is 11.3 Å². The van der Waals surface area contributed by atoms with Crippen molar-refractivity contribution in [1.82, 2.24) is 0 Å². The monoisotopic (exact) mass is 295 g/mol. The largest absolute Gasteiger partial charge is 0.385 e. The van der Waals surface area contributed by atoms with Crippen LogP contribution in [-0.2, 0) is 4.74 Å². The number of carbonyl (C=O) groups is 1. The Balaban J connectivity index is 2.20. The third-order valence-electron chi connectivity index (χ3n) is 3.72. The normalized spacial score (nSPS) is 24.8. The molecule has 114 valence electrons. The first-order valence-corrected chi connectivity index (χ1v) is 6.49. The number of benzene rings is 1. The van der Waals surface area contributed by atoms with Gasteiger partial charge in [-0.05, 0) is 19.1 Å². The number of hydrogen-bond acceptors (Lipinski definition) is 6. The number of nitro benzene ring substituents is 1. The minimum atomic E-state index is -1.07. The van der Waals surface area contributed by atoms with Crippen LogP contribution in [0.15, 0.2) is 18.2 Å². The van der Waals surface area contributed by atoms with Crippen LogP contribution in [0.4, 0.5) is 11.4 Å². The highest BCUT2D eigenvalue weighted by molar-refractivity contribution is 5.94. The summed E-state index contributed by atoms with van der Waals surface area (Å²) >= 11 is 0. The zero-order valence-electron chi connectivity index (χ0n) is 11.5. The molecule has 0 aliphatic carbocycles. The number of nitrogens with two attached hydrogens (primary N) is 1. The zero-order chi connectivity index (χ0) is 15.6. The van der Waals surface area contributed by atoms with Crippen molar-refractivity contribution in [3.8, 4) is 0 Å².